The third kappa shape index (κ3) is 5.45. The number of nitrogens with one attached hydrogen (secondary N) is 1. The molecule has 0 aliphatic carbocycles. The molecule has 0 fully saturated rings. The van der Waals surface area contributed by atoms with E-state index >= 15 is 0 Å². The summed E-state index contributed by atoms with van der Waals surface area (Å²) in [6, 6.07) is 9.09. The first-order valence-corrected chi connectivity index (χ1v) is 10.4. The van der Waals surface area contributed by atoms with Crippen LogP contribution in [0.1, 0.15) is 6.42 Å². The predicted molar refractivity (Wildman–Crippen MR) is 111 cm³/mol. The van der Waals surface area contributed by atoms with E-state index in [9.17, 15) is 13.6 Å². The van der Waals surface area contributed by atoms with Gasteiger partial charge in [0, 0.05) is 34.1 Å². The van der Waals surface area contributed by atoms with Crippen LogP contribution in [0, 0.1) is 11.6 Å². The van der Waals surface area contributed by atoms with Crippen LogP contribution < -0.4 is 14.8 Å². The van der Waals surface area contributed by atoms with E-state index < -0.39 is 11.6 Å². The molecule has 152 valence electrons. The van der Waals surface area contributed by atoms with Crippen molar-refractivity contribution in [2.24, 2.45) is 0 Å². The normalized spacial score (nSPS) is 10.6. The highest BCUT2D eigenvalue weighted by Gasteiger charge is 2.13. The Morgan fingerprint density at radius 3 is 2.69 bits per heavy atom. The standard InChI is InChI=1S/C20H18F2N2O3S2/c1-26-12-3-5-14(18(9-12)27-2)17-11-29-20(23-17)24-19(25)7-8-28-13-4-6-15(21)16(22)10-13/h3-6,9-11H,7-8H2,1-2H3,(H,23,24,25). The molecule has 1 heterocycles. The van der Waals surface area contributed by atoms with Gasteiger partial charge in [-0.1, -0.05) is 0 Å². The second kappa shape index (κ2) is 9.71. The summed E-state index contributed by atoms with van der Waals surface area (Å²) in [4.78, 5) is 17.2. The summed E-state index contributed by atoms with van der Waals surface area (Å²) in [7, 11) is 3.15. The number of aromatic nitrogens is 1. The van der Waals surface area contributed by atoms with Crippen LogP contribution in [0.25, 0.3) is 11.3 Å². The first-order chi connectivity index (χ1) is 14.0. The number of benzene rings is 2. The molecular formula is C20H18F2N2O3S2. The molecule has 0 saturated heterocycles. The summed E-state index contributed by atoms with van der Waals surface area (Å²) < 4.78 is 36.7. The molecule has 9 heteroatoms. The summed E-state index contributed by atoms with van der Waals surface area (Å²) in [5.41, 5.74) is 1.47. The molecule has 0 aliphatic heterocycles. The van der Waals surface area contributed by atoms with E-state index in [0.717, 1.165) is 17.7 Å². The number of ether oxygens (including phenoxy) is 2. The SMILES string of the molecule is COc1ccc(-c2csc(NC(=O)CCSc3ccc(F)c(F)c3)n2)c(OC)c1. The van der Waals surface area contributed by atoms with Gasteiger partial charge < -0.3 is 14.8 Å². The van der Waals surface area contributed by atoms with Gasteiger partial charge >= 0.3 is 0 Å². The number of methoxy groups -OCH3 is 2. The average Bonchev–Trinajstić information content (AvgIpc) is 3.18. The van der Waals surface area contributed by atoms with Crippen LogP contribution in [-0.2, 0) is 4.79 Å². The molecule has 3 aromatic rings. The Hall–Kier alpha value is -2.65. The maximum atomic E-state index is 13.2. The zero-order valence-electron chi connectivity index (χ0n) is 15.7. The van der Waals surface area contributed by atoms with Crippen LogP contribution >= 0.6 is 23.1 Å². The van der Waals surface area contributed by atoms with Crippen molar-refractivity contribution in [3.63, 3.8) is 0 Å². The molecule has 0 spiro atoms. The molecule has 29 heavy (non-hydrogen) atoms. The lowest BCUT2D eigenvalue weighted by Crippen LogP contribution is -2.11. The van der Waals surface area contributed by atoms with Gasteiger partial charge in [-0.25, -0.2) is 13.8 Å². The Morgan fingerprint density at radius 2 is 1.97 bits per heavy atom. The molecule has 0 unspecified atom stereocenters. The zero-order chi connectivity index (χ0) is 20.8. The van der Waals surface area contributed by atoms with E-state index in [1.807, 2.05) is 17.5 Å². The molecule has 5 nitrogen and oxygen atoms in total. The summed E-state index contributed by atoms with van der Waals surface area (Å²) >= 11 is 2.59. The third-order valence-corrected chi connectivity index (χ3v) is 5.68. The summed E-state index contributed by atoms with van der Waals surface area (Å²) in [6.07, 6.45) is 0.213. The molecule has 1 aromatic heterocycles. The summed E-state index contributed by atoms with van der Waals surface area (Å²) in [6.45, 7) is 0. The van der Waals surface area contributed by atoms with Crippen LogP contribution in [0.5, 0.6) is 11.5 Å². The molecule has 0 saturated carbocycles. The van der Waals surface area contributed by atoms with Crippen LogP contribution in [-0.4, -0.2) is 30.9 Å². The molecule has 1 N–H and O–H groups in total. The zero-order valence-corrected chi connectivity index (χ0v) is 17.3. The molecule has 0 atom stereocenters. The van der Waals surface area contributed by atoms with E-state index in [-0.39, 0.29) is 12.3 Å². The predicted octanol–water partition coefficient (Wildman–Crippen LogP) is 5.23. The minimum atomic E-state index is -0.899. The Labute approximate surface area is 175 Å². The van der Waals surface area contributed by atoms with Gasteiger partial charge in [0.25, 0.3) is 0 Å². The van der Waals surface area contributed by atoms with Crippen molar-refractivity contribution < 1.29 is 23.0 Å². The first-order valence-electron chi connectivity index (χ1n) is 8.55. The smallest absolute Gasteiger partial charge is 0.226 e. The molecule has 0 radical (unpaired) electrons. The van der Waals surface area contributed by atoms with E-state index in [1.165, 1.54) is 29.2 Å². The van der Waals surface area contributed by atoms with Crippen molar-refractivity contribution in [2.45, 2.75) is 11.3 Å². The molecule has 2 aromatic carbocycles. The Kier molecular flexibility index (Phi) is 7.05. The van der Waals surface area contributed by atoms with E-state index in [4.69, 9.17) is 9.47 Å². The van der Waals surface area contributed by atoms with Gasteiger partial charge in [0.15, 0.2) is 16.8 Å². The number of thioether (sulfide) groups is 1. The minimum absolute atomic E-state index is 0.206. The number of hydrogen-bond acceptors (Lipinski definition) is 6. The number of rotatable bonds is 8. The monoisotopic (exact) mass is 436 g/mol. The van der Waals surface area contributed by atoms with Crippen LogP contribution in [0.4, 0.5) is 13.9 Å². The molecular weight excluding hydrogens is 418 g/mol. The van der Waals surface area contributed by atoms with Crippen molar-refractivity contribution in [3.8, 4) is 22.8 Å². The number of amides is 1. The lowest BCUT2D eigenvalue weighted by atomic mass is 10.1. The number of carbonyl (C=O) groups excluding carboxylic acids is 1. The number of hydrogen-bond donors (Lipinski definition) is 1. The number of halogens is 2. The Bertz CT molecular complexity index is 1010. The van der Waals surface area contributed by atoms with Crippen LogP contribution in [0.3, 0.4) is 0 Å². The second-order valence-corrected chi connectivity index (χ2v) is 7.85. The van der Waals surface area contributed by atoms with Gasteiger partial charge in [-0.05, 0) is 30.3 Å². The third-order valence-electron chi connectivity index (χ3n) is 3.92. The number of thiazole rings is 1. The van der Waals surface area contributed by atoms with E-state index in [2.05, 4.69) is 10.3 Å². The van der Waals surface area contributed by atoms with E-state index in [1.54, 1.807) is 20.3 Å². The van der Waals surface area contributed by atoms with Crippen LogP contribution in [0.15, 0.2) is 46.7 Å². The van der Waals surface area contributed by atoms with Gasteiger partial charge in [-0.2, -0.15) is 0 Å². The highest BCUT2D eigenvalue weighted by Crippen LogP contribution is 2.34. The summed E-state index contributed by atoms with van der Waals surface area (Å²) in [5, 5.41) is 5.06. The van der Waals surface area contributed by atoms with Crippen molar-refractivity contribution in [3.05, 3.63) is 53.4 Å². The van der Waals surface area contributed by atoms with Crippen molar-refractivity contribution >= 4 is 34.1 Å². The van der Waals surface area contributed by atoms with Gasteiger partial charge in [0.1, 0.15) is 11.5 Å². The lowest BCUT2D eigenvalue weighted by molar-refractivity contribution is -0.115. The van der Waals surface area contributed by atoms with E-state index in [0.29, 0.717) is 33.0 Å². The number of carbonyl (C=O) groups is 1. The fourth-order valence-electron chi connectivity index (χ4n) is 2.47. The van der Waals surface area contributed by atoms with Crippen molar-refractivity contribution in [1.82, 2.24) is 4.98 Å². The topological polar surface area (TPSA) is 60.5 Å². The molecule has 0 aliphatic rings. The fourth-order valence-corrected chi connectivity index (χ4v) is 4.08. The molecule has 0 bridgehead atoms. The van der Waals surface area contributed by atoms with Crippen molar-refractivity contribution in [1.29, 1.82) is 0 Å². The second-order valence-electron chi connectivity index (χ2n) is 5.83. The summed E-state index contributed by atoms with van der Waals surface area (Å²) in [5.74, 6) is -0.267. The fraction of sp³-hybridized carbons (Fsp3) is 0.200. The Morgan fingerprint density at radius 1 is 1.14 bits per heavy atom. The Balaban J connectivity index is 1.57. The van der Waals surface area contributed by atoms with Gasteiger partial charge in [-0.3, -0.25) is 4.79 Å². The van der Waals surface area contributed by atoms with Gasteiger partial charge in [0.2, 0.25) is 5.91 Å². The molecule has 1 amide bonds. The lowest BCUT2D eigenvalue weighted by Gasteiger charge is -2.08. The van der Waals surface area contributed by atoms with Gasteiger partial charge in [-0.15, -0.1) is 23.1 Å². The first kappa shape index (κ1) is 21.1. The number of anilines is 1. The maximum Gasteiger partial charge on any atom is 0.226 e. The highest BCUT2D eigenvalue weighted by atomic mass is 32.2. The maximum absolute atomic E-state index is 13.2. The van der Waals surface area contributed by atoms with Gasteiger partial charge in [0.05, 0.1) is 19.9 Å². The highest BCUT2D eigenvalue weighted by molar-refractivity contribution is 7.99. The minimum Gasteiger partial charge on any atom is -0.497 e. The number of nitrogens with zero attached hydrogens (tertiary/aromatic N) is 1. The quantitative estimate of drug-likeness (QED) is 0.490. The average molecular weight is 437 g/mol. The largest absolute Gasteiger partial charge is 0.497 e. The van der Waals surface area contributed by atoms with Crippen LogP contribution in [0.2, 0.25) is 0 Å². The molecule has 3 rings (SSSR count). The van der Waals surface area contributed by atoms with Crippen molar-refractivity contribution in [2.75, 3.05) is 25.3 Å².